The molecule has 138 valence electrons. The van der Waals surface area contributed by atoms with Crippen molar-refractivity contribution in [1.29, 1.82) is 0 Å². The summed E-state index contributed by atoms with van der Waals surface area (Å²) in [4.78, 5) is 24.9. The molecule has 1 unspecified atom stereocenters. The van der Waals surface area contributed by atoms with Gasteiger partial charge in [0.15, 0.2) is 11.5 Å². The highest BCUT2D eigenvalue weighted by Crippen LogP contribution is 2.29. The third-order valence-electron chi connectivity index (χ3n) is 3.87. The molecular formula is C18H20N2O5S. The van der Waals surface area contributed by atoms with E-state index >= 15 is 0 Å². The van der Waals surface area contributed by atoms with Crippen LogP contribution in [0.1, 0.15) is 26.3 Å². The Kier molecular flexibility index (Phi) is 5.99. The van der Waals surface area contributed by atoms with Gasteiger partial charge in [-0.3, -0.25) is 13.8 Å². The molecule has 0 spiro atoms. The molecule has 3 N–H and O–H groups in total. The van der Waals surface area contributed by atoms with E-state index < -0.39 is 22.6 Å². The third-order valence-corrected chi connectivity index (χ3v) is 4.93. The zero-order valence-corrected chi connectivity index (χ0v) is 15.7. The lowest BCUT2D eigenvalue weighted by atomic mass is 10.1. The lowest BCUT2D eigenvalue weighted by molar-refractivity contribution is 0.100. The molecule has 0 bridgehead atoms. The van der Waals surface area contributed by atoms with Crippen molar-refractivity contribution < 1.29 is 23.3 Å². The number of anilines is 1. The Labute approximate surface area is 153 Å². The van der Waals surface area contributed by atoms with Gasteiger partial charge in [0, 0.05) is 16.7 Å². The summed E-state index contributed by atoms with van der Waals surface area (Å²) in [6.07, 6.45) is 1.51. The smallest absolute Gasteiger partial charge is 0.255 e. The number of primary amides is 1. The van der Waals surface area contributed by atoms with Gasteiger partial charge in [-0.1, -0.05) is 0 Å². The summed E-state index contributed by atoms with van der Waals surface area (Å²) in [5.74, 6) is -0.258. The van der Waals surface area contributed by atoms with E-state index in [1.54, 1.807) is 25.1 Å². The summed E-state index contributed by atoms with van der Waals surface area (Å²) in [5.41, 5.74) is 6.64. The molecule has 0 aromatic heterocycles. The molecular weight excluding hydrogens is 356 g/mol. The van der Waals surface area contributed by atoms with Crippen LogP contribution < -0.4 is 20.5 Å². The first-order valence-electron chi connectivity index (χ1n) is 7.60. The Morgan fingerprint density at radius 1 is 1.08 bits per heavy atom. The summed E-state index contributed by atoms with van der Waals surface area (Å²) in [5, 5.41) is 2.67. The maximum absolute atomic E-state index is 12.6. The standard InChI is InChI=1S/C18H20N2O5S/c1-10-15(26(4)23)8-6-12(16(10)17(19)21)20-18(22)11-5-7-13(24-2)14(9-11)25-3/h5-9H,1-4H3,(H2,19,21)(H,20,22). The third kappa shape index (κ3) is 3.85. The van der Waals surface area contributed by atoms with Crippen molar-refractivity contribution >= 4 is 28.3 Å². The number of nitrogens with two attached hydrogens (primary N) is 1. The number of hydrogen-bond acceptors (Lipinski definition) is 5. The number of carbonyl (C=O) groups excluding carboxylic acids is 2. The van der Waals surface area contributed by atoms with Gasteiger partial charge in [-0.05, 0) is 42.8 Å². The van der Waals surface area contributed by atoms with Crippen molar-refractivity contribution in [2.45, 2.75) is 11.8 Å². The van der Waals surface area contributed by atoms with Crippen molar-refractivity contribution in [1.82, 2.24) is 0 Å². The lowest BCUT2D eigenvalue weighted by Crippen LogP contribution is -2.20. The molecule has 0 aliphatic carbocycles. The van der Waals surface area contributed by atoms with E-state index in [0.29, 0.717) is 27.5 Å². The van der Waals surface area contributed by atoms with Crippen LogP contribution in [-0.2, 0) is 10.8 Å². The quantitative estimate of drug-likeness (QED) is 0.803. The molecule has 2 aromatic carbocycles. The number of amides is 2. The van der Waals surface area contributed by atoms with Crippen LogP contribution in [0.25, 0.3) is 0 Å². The Bertz CT molecular complexity index is 895. The van der Waals surface area contributed by atoms with Gasteiger partial charge in [0.2, 0.25) is 0 Å². The lowest BCUT2D eigenvalue weighted by Gasteiger charge is -2.14. The second-order valence-electron chi connectivity index (χ2n) is 5.45. The molecule has 0 fully saturated rings. The van der Waals surface area contributed by atoms with Crippen molar-refractivity contribution in [2.75, 3.05) is 25.8 Å². The first-order chi connectivity index (χ1) is 12.3. The zero-order chi connectivity index (χ0) is 19.4. The van der Waals surface area contributed by atoms with E-state index in [0.717, 1.165) is 0 Å². The topological polar surface area (TPSA) is 108 Å². The van der Waals surface area contributed by atoms with Crippen LogP contribution >= 0.6 is 0 Å². The fourth-order valence-electron chi connectivity index (χ4n) is 2.60. The van der Waals surface area contributed by atoms with Crippen LogP contribution in [0.15, 0.2) is 35.2 Å². The fraction of sp³-hybridized carbons (Fsp3) is 0.222. The summed E-state index contributed by atoms with van der Waals surface area (Å²) in [6.45, 7) is 1.64. The number of hydrogen-bond donors (Lipinski definition) is 2. The van der Waals surface area contributed by atoms with E-state index in [2.05, 4.69) is 5.32 Å². The van der Waals surface area contributed by atoms with Gasteiger partial charge in [-0.15, -0.1) is 0 Å². The van der Waals surface area contributed by atoms with E-state index in [1.165, 1.54) is 32.6 Å². The molecule has 0 aliphatic rings. The molecule has 0 radical (unpaired) electrons. The highest BCUT2D eigenvalue weighted by molar-refractivity contribution is 7.84. The average molecular weight is 376 g/mol. The van der Waals surface area contributed by atoms with Gasteiger partial charge < -0.3 is 20.5 Å². The summed E-state index contributed by atoms with van der Waals surface area (Å²) >= 11 is 0. The Morgan fingerprint density at radius 3 is 2.27 bits per heavy atom. The molecule has 1 atom stereocenters. The van der Waals surface area contributed by atoms with Crippen molar-refractivity contribution in [3.8, 4) is 11.5 Å². The molecule has 0 saturated carbocycles. The highest BCUT2D eigenvalue weighted by Gasteiger charge is 2.19. The number of benzene rings is 2. The van der Waals surface area contributed by atoms with Crippen LogP contribution in [0.3, 0.4) is 0 Å². The minimum Gasteiger partial charge on any atom is -0.493 e. The normalized spacial score (nSPS) is 11.5. The zero-order valence-electron chi connectivity index (χ0n) is 14.9. The molecule has 0 saturated heterocycles. The van der Waals surface area contributed by atoms with Gasteiger partial charge in [-0.25, -0.2) is 0 Å². The Morgan fingerprint density at radius 2 is 1.73 bits per heavy atom. The molecule has 2 aromatic rings. The van der Waals surface area contributed by atoms with Gasteiger partial charge in [0.1, 0.15) is 0 Å². The van der Waals surface area contributed by atoms with Crippen molar-refractivity contribution in [3.63, 3.8) is 0 Å². The number of ether oxygens (including phenoxy) is 2. The Hall–Kier alpha value is -2.87. The number of rotatable bonds is 6. The molecule has 8 heteroatoms. The maximum atomic E-state index is 12.6. The van der Waals surface area contributed by atoms with Gasteiger partial charge >= 0.3 is 0 Å². The predicted molar refractivity (Wildman–Crippen MR) is 99.5 cm³/mol. The predicted octanol–water partition coefficient (Wildman–Crippen LogP) is 2.10. The van der Waals surface area contributed by atoms with Gasteiger partial charge in [0.25, 0.3) is 11.8 Å². The minimum atomic E-state index is -1.28. The van der Waals surface area contributed by atoms with Gasteiger partial charge in [-0.2, -0.15) is 0 Å². The summed E-state index contributed by atoms with van der Waals surface area (Å²) < 4.78 is 22.1. The molecule has 7 nitrogen and oxygen atoms in total. The molecule has 2 amide bonds. The first-order valence-corrected chi connectivity index (χ1v) is 9.16. The Balaban J connectivity index is 2.42. The number of carbonyl (C=O) groups is 2. The highest BCUT2D eigenvalue weighted by atomic mass is 32.2. The fourth-order valence-corrected chi connectivity index (χ4v) is 3.39. The second kappa shape index (κ2) is 8.01. The average Bonchev–Trinajstić information content (AvgIpc) is 2.60. The van der Waals surface area contributed by atoms with E-state index in [4.69, 9.17) is 15.2 Å². The minimum absolute atomic E-state index is 0.131. The van der Waals surface area contributed by atoms with E-state index in [9.17, 15) is 13.8 Å². The molecule has 0 heterocycles. The largest absolute Gasteiger partial charge is 0.493 e. The van der Waals surface area contributed by atoms with Crippen LogP contribution in [0.2, 0.25) is 0 Å². The van der Waals surface area contributed by atoms with Crippen LogP contribution in [0, 0.1) is 6.92 Å². The number of methoxy groups -OCH3 is 2. The molecule has 0 aliphatic heterocycles. The monoisotopic (exact) mass is 376 g/mol. The van der Waals surface area contributed by atoms with Gasteiger partial charge in [0.05, 0.1) is 36.3 Å². The van der Waals surface area contributed by atoms with E-state index in [1.807, 2.05) is 0 Å². The van der Waals surface area contributed by atoms with Crippen molar-refractivity contribution in [2.24, 2.45) is 5.73 Å². The maximum Gasteiger partial charge on any atom is 0.255 e. The van der Waals surface area contributed by atoms with Crippen LogP contribution in [0.5, 0.6) is 11.5 Å². The molecule has 26 heavy (non-hydrogen) atoms. The molecule has 2 rings (SSSR count). The summed E-state index contributed by atoms with van der Waals surface area (Å²) in [7, 11) is 1.69. The summed E-state index contributed by atoms with van der Waals surface area (Å²) in [6, 6.07) is 7.82. The van der Waals surface area contributed by atoms with E-state index in [-0.39, 0.29) is 11.3 Å². The van der Waals surface area contributed by atoms with Crippen LogP contribution in [-0.4, -0.2) is 36.5 Å². The second-order valence-corrected chi connectivity index (χ2v) is 6.80. The number of nitrogens with one attached hydrogen (secondary N) is 1. The first kappa shape index (κ1) is 19.5. The van der Waals surface area contributed by atoms with Crippen molar-refractivity contribution in [3.05, 3.63) is 47.0 Å². The van der Waals surface area contributed by atoms with Crippen LogP contribution in [0.4, 0.5) is 5.69 Å². The SMILES string of the molecule is COc1ccc(C(=O)Nc2ccc(S(C)=O)c(C)c2C(N)=O)cc1OC.